The van der Waals surface area contributed by atoms with Gasteiger partial charge in [0.05, 0.1) is 18.4 Å². The van der Waals surface area contributed by atoms with Gasteiger partial charge in [0.2, 0.25) is 0 Å². The molecule has 0 radical (unpaired) electrons. The molecule has 0 fully saturated rings. The number of hydrogen-bond acceptors (Lipinski definition) is 4. The molecule has 1 heterocycles. The van der Waals surface area contributed by atoms with Crippen molar-refractivity contribution in [3.8, 4) is 17.1 Å². The van der Waals surface area contributed by atoms with Crippen LogP contribution in [0.25, 0.3) is 11.4 Å². The molecule has 0 saturated heterocycles. The topological polar surface area (TPSA) is 64.1 Å². The molecule has 0 aliphatic rings. The van der Waals surface area contributed by atoms with Crippen molar-refractivity contribution in [2.75, 3.05) is 12.4 Å². The van der Waals surface area contributed by atoms with E-state index in [4.69, 9.17) is 4.74 Å². The van der Waals surface area contributed by atoms with E-state index in [1.807, 2.05) is 42.5 Å². The quantitative estimate of drug-likeness (QED) is 0.802. The van der Waals surface area contributed by atoms with Crippen molar-refractivity contribution in [3.63, 3.8) is 0 Å². The molecule has 2 aromatic carbocycles. The summed E-state index contributed by atoms with van der Waals surface area (Å²) in [6, 6.07) is 16.8. The molecule has 0 aliphatic carbocycles. The number of anilines is 1. The van der Waals surface area contributed by atoms with Crippen LogP contribution in [0.15, 0.2) is 67.0 Å². The lowest BCUT2D eigenvalue weighted by atomic mass is 10.2. The first-order valence-electron chi connectivity index (χ1n) is 7.10. The van der Waals surface area contributed by atoms with Gasteiger partial charge >= 0.3 is 0 Å². The second-order valence-corrected chi connectivity index (χ2v) is 4.82. The maximum Gasteiger partial charge on any atom is 0.258 e. The van der Waals surface area contributed by atoms with E-state index < -0.39 is 0 Å². The maximum absolute atomic E-state index is 12.3. The average Bonchev–Trinajstić information content (AvgIpc) is 2.63. The number of hydrogen-bond donors (Lipinski definition) is 1. The zero-order valence-corrected chi connectivity index (χ0v) is 12.6. The van der Waals surface area contributed by atoms with Crippen LogP contribution in [-0.4, -0.2) is 23.0 Å². The van der Waals surface area contributed by atoms with Gasteiger partial charge < -0.3 is 10.1 Å². The Kier molecular flexibility index (Phi) is 4.29. The van der Waals surface area contributed by atoms with Crippen molar-refractivity contribution >= 4 is 11.6 Å². The highest BCUT2D eigenvalue weighted by Gasteiger charge is 2.10. The predicted octanol–water partition coefficient (Wildman–Crippen LogP) is 3.40. The number of nitrogens with zero attached hydrogens (tertiary/aromatic N) is 2. The van der Waals surface area contributed by atoms with Gasteiger partial charge in [0.15, 0.2) is 5.82 Å². The first-order chi connectivity index (χ1) is 11.3. The minimum Gasteiger partial charge on any atom is -0.495 e. The summed E-state index contributed by atoms with van der Waals surface area (Å²) in [6.45, 7) is 0. The van der Waals surface area contributed by atoms with Crippen molar-refractivity contribution in [2.45, 2.75) is 0 Å². The number of nitrogens with one attached hydrogen (secondary N) is 1. The Morgan fingerprint density at radius 1 is 0.957 bits per heavy atom. The van der Waals surface area contributed by atoms with E-state index in [0.717, 1.165) is 5.56 Å². The van der Waals surface area contributed by atoms with Gasteiger partial charge in [-0.2, -0.15) is 0 Å². The third kappa shape index (κ3) is 3.35. The van der Waals surface area contributed by atoms with E-state index >= 15 is 0 Å². The smallest absolute Gasteiger partial charge is 0.258 e. The Hall–Kier alpha value is -3.21. The zero-order valence-electron chi connectivity index (χ0n) is 12.6. The Morgan fingerprint density at radius 3 is 2.30 bits per heavy atom. The lowest BCUT2D eigenvalue weighted by Crippen LogP contribution is -2.13. The summed E-state index contributed by atoms with van der Waals surface area (Å²) in [6.07, 6.45) is 3.03. The second-order valence-electron chi connectivity index (χ2n) is 4.82. The van der Waals surface area contributed by atoms with E-state index in [1.165, 1.54) is 12.4 Å². The fourth-order valence-corrected chi connectivity index (χ4v) is 2.12. The molecule has 23 heavy (non-hydrogen) atoms. The summed E-state index contributed by atoms with van der Waals surface area (Å²) in [5.74, 6) is 0.899. The molecule has 3 rings (SSSR count). The molecular weight excluding hydrogens is 290 g/mol. The molecule has 0 saturated carbocycles. The van der Waals surface area contributed by atoms with Crippen LogP contribution in [0.2, 0.25) is 0 Å². The molecular formula is C18H15N3O2. The van der Waals surface area contributed by atoms with Crippen molar-refractivity contribution in [2.24, 2.45) is 0 Å². The van der Waals surface area contributed by atoms with Gasteiger partial charge in [0, 0.05) is 18.0 Å². The number of carbonyl (C=O) groups is 1. The Labute approximate surface area is 134 Å². The van der Waals surface area contributed by atoms with Crippen LogP contribution in [0.3, 0.4) is 0 Å². The van der Waals surface area contributed by atoms with Crippen LogP contribution in [0.4, 0.5) is 5.69 Å². The number of aromatic nitrogens is 2. The summed E-state index contributed by atoms with van der Waals surface area (Å²) >= 11 is 0. The fraction of sp³-hybridized carbons (Fsp3) is 0.0556. The molecule has 3 aromatic rings. The SMILES string of the molecule is COc1ccccc1NC(=O)c1cnc(-c2ccccc2)nc1. The molecule has 0 bridgehead atoms. The number of ether oxygens (including phenoxy) is 1. The summed E-state index contributed by atoms with van der Waals surface area (Å²) in [5, 5.41) is 2.79. The number of benzene rings is 2. The lowest BCUT2D eigenvalue weighted by Gasteiger charge is -2.09. The third-order valence-electron chi connectivity index (χ3n) is 3.30. The number of carbonyl (C=O) groups excluding carboxylic acids is 1. The molecule has 1 aromatic heterocycles. The maximum atomic E-state index is 12.3. The van der Waals surface area contributed by atoms with Gasteiger partial charge in [-0.15, -0.1) is 0 Å². The largest absolute Gasteiger partial charge is 0.495 e. The molecule has 5 heteroatoms. The van der Waals surface area contributed by atoms with E-state index in [2.05, 4.69) is 15.3 Å². The van der Waals surface area contributed by atoms with E-state index in [-0.39, 0.29) is 5.91 Å². The van der Waals surface area contributed by atoms with E-state index in [0.29, 0.717) is 22.8 Å². The lowest BCUT2D eigenvalue weighted by molar-refractivity contribution is 0.102. The van der Waals surface area contributed by atoms with Gasteiger partial charge in [-0.05, 0) is 12.1 Å². The molecule has 1 N–H and O–H groups in total. The highest BCUT2D eigenvalue weighted by Crippen LogP contribution is 2.23. The molecule has 0 atom stereocenters. The average molecular weight is 305 g/mol. The monoisotopic (exact) mass is 305 g/mol. The first kappa shape index (κ1) is 14.7. The van der Waals surface area contributed by atoms with Crippen LogP contribution in [0.5, 0.6) is 5.75 Å². The number of rotatable bonds is 4. The number of amides is 1. The molecule has 0 spiro atoms. The van der Waals surface area contributed by atoms with Crippen LogP contribution in [0, 0.1) is 0 Å². The standard InChI is InChI=1S/C18H15N3O2/c1-23-16-10-6-5-9-15(16)21-18(22)14-11-19-17(20-12-14)13-7-3-2-4-8-13/h2-12H,1H3,(H,21,22). The third-order valence-corrected chi connectivity index (χ3v) is 3.30. The molecule has 0 unspecified atom stereocenters. The number of para-hydroxylation sites is 2. The van der Waals surface area contributed by atoms with Gasteiger partial charge in [0.1, 0.15) is 5.75 Å². The van der Waals surface area contributed by atoms with Gasteiger partial charge in [-0.25, -0.2) is 9.97 Å². The first-order valence-corrected chi connectivity index (χ1v) is 7.10. The highest BCUT2D eigenvalue weighted by molar-refractivity contribution is 6.04. The Balaban J connectivity index is 1.78. The van der Waals surface area contributed by atoms with Gasteiger partial charge in [0.25, 0.3) is 5.91 Å². The van der Waals surface area contributed by atoms with Gasteiger partial charge in [-0.1, -0.05) is 42.5 Å². The van der Waals surface area contributed by atoms with Crippen LogP contribution in [-0.2, 0) is 0 Å². The van der Waals surface area contributed by atoms with Crippen molar-refractivity contribution in [3.05, 3.63) is 72.6 Å². The summed E-state index contributed by atoms with van der Waals surface area (Å²) in [7, 11) is 1.56. The van der Waals surface area contributed by atoms with Crippen LogP contribution < -0.4 is 10.1 Å². The van der Waals surface area contributed by atoms with Crippen LogP contribution >= 0.6 is 0 Å². The minimum atomic E-state index is -0.283. The van der Waals surface area contributed by atoms with E-state index in [1.54, 1.807) is 19.2 Å². The summed E-state index contributed by atoms with van der Waals surface area (Å²) in [4.78, 5) is 20.8. The molecule has 5 nitrogen and oxygen atoms in total. The predicted molar refractivity (Wildman–Crippen MR) is 88.4 cm³/mol. The van der Waals surface area contributed by atoms with Crippen molar-refractivity contribution < 1.29 is 9.53 Å². The van der Waals surface area contributed by atoms with Crippen LogP contribution in [0.1, 0.15) is 10.4 Å². The summed E-state index contributed by atoms with van der Waals surface area (Å²) < 4.78 is 5.21. The summed E-state index contributed by atoms with van der Waals surface area (Å²) in [5.41, 5.74) is 1.90. The fourth-order valence-electron chi connectivity index (χ4n) is 2.12. The second kappa shape index (κ2) is 6.70. The van der Waals surface area contributed by atoms with Gasteiger partial charge in [-0.3, -0.25) is 4.79 Å². The van der Waals surface area contributed by atoms with Crippen molar-refractivity contribution in [1.29, 1.82) is 0 Å². The van der Waals surface area contributed by atoms with Crippen molar-refractivity contribution in [1.82, 2.24) is 9.97 Å². The zero-order chi connectivity index (χ0) is 16.1. The molecule has 1 amide bonds. The minimum absolute atomic E-state index is 0.283. The molecule has 0 aliphatic heterocycles. The Morgan fingerprint density at radius 2 is 1.61 bits per heavy atom. The molecule has 114 valence electrons. The Bertz CT molecular complexity index is 802. The normalized spacial score (nSPS) is 10.1. The van der Waals surface area contributed by atoms with E-state index in [9.17, 15) is 4.79 Å². The highest BCUT2D eigenvalue weighted by atomic mass is 16.5. The number of methoxy groups -OCH3 is 1.